The Balaban J connectivity index is 1.97. The molecule has 0 spiro atoms. The fourth-order valence-corrected chi connectivity index (χ4v) is 2.15. The van der Waals surface area contributed by atoms with Crippen molar-refractivity contribution in [3.8, 4) is 11.5 Å². The van der Waals surface area contributed by atoms with E-state index in [2.05, 4.69) is 21.2 Å². The van der Waals surface area contributed by atoms with E-state index < -0.39 is 0 Å². The van der Waals surface area contributed by atoms with Crippen LogP contribution in [0.3, 0.4) is 0 Å². The van der Waals surface area contributed by atoms with Gasteiger partial charge in [-0.2, -0.15) is 0 Å². The monoisotopic (exact) mass is 325 g/mol. The SMILES string of the molecule is CNCc1coc(COc2ccc(OC)cc2Br)c1. The van der Waals surface area contributed by atoms with Crippen molar-refractivity contribution in [2.75, 3.05) is 14.2 Å². The largest absolute Gasteiger partial charge is 0.497 e. The van der Waals surface area contributed by atoms with E-state index in [0.717, 1.165) is 33.8 Å². The number of hydrogen-bond acceptors (Lipinski definition) is 4. The number of hydrogen-bond donors (Lipinski definition) is 1. The molecule has 1 aromatic heterocycles. The number of methoxy groups -OCH3 is 1. The van der Waals surface area contributed by atoms with Gasteiger partial charge in [0.25, 0.3) is 0 Å². The van der Waals surface area contributed by atoms with Gasteiger partial charge in [0.2, 0.25) is 0 Å². The molecule has 1 N–H and O–H groups in total. The zero-order valence-electron chi connectivity index (χ0n) is 10.9. The number of halogens is 1. The summed E-state index contributed by atoms with van der Waals surface area (Å²) in [5.41, 5.74) is 1.11. The van der Waals surface area contributed by atoms with Crippen molar-refractivity contribution in [3.63, 3.8) is 0 Å². The second-order valence-electron chi connectivity index (χ2n) is 4.04. The molecule has 0 radical (unpaired) electrons. The molecule has 0 aliphatic rings. The van der Waals surface area contributed by atoms with Crippen LogP contribution in [0.1, 0.15) is 11.3 Å². The first kappa shape index (κ1) is 14.0. The van der Waals surface area contributed by atoms with Crippen LogP contribution in [0.5, 0.6) is 11.5 Å². The first-order valence-corrected chi connectivity index (χ1v) is 6.69. The number of furan rings is 1. The van der Waals surface area contributed by atoms with Gasteiger partial charge in [-0.15, -0.1) is 0 Å². The van der Waals surface area contributed by atoms with Crippen LogP contribution in [-0.2, 0) is 13.2 Å². The maximum absolute atomic E-state index is 5.70. The van der Waals surface area contributed by atoms with Gasteiger partial charge in [0, 0.05) is 12.1 Å². The summed E-state index contributed by atoms with van der Waals surface area (Å²) in [5, 5.41) is 3.07. The van der Waals surface area contributed by atoms with E-state index in [9.17, 15) is 0 Å². The number of ether oxygens (including phenoxy) is 2. The van der Waals surface area contributed by atoms with Crippen LogP contribution in [0.25, 0.3) is 0 Å². The Morgan fingerprint density at radius 3 is 2.84 bits per heavy atom. The van der Waals surface area contributed by atoms with E-state index in [1.807, 2.05) is 31.3 Å². The van der Waals surface area contributed by atoms with Gasteiger partial charge >= 0.3 is 0 Å². The zero-order chi connectivity index (χ0) is 13.7. The quantitative estimate of drug-likeness (QED) is 0.884. The van der Waals surface area contributed by atoms with Gasteiger partial charge in [0.1, 0.15) is 23.9 Å². The molecule has 102 valence electrons. The molecule has 5 heteroatoms. The van der Waals surface area contributed by atoms with E-state index in [-0.39, 0.29) is 0 Å². The minimum Gasteiger partial charge on any atom is -0.497 e. The van der Waals surface area contributed by atoms with Crippen LogP contribution in [0, 0.1) is 0 Å². The van der Waals surface area contributed by atoms with Crippen molar-refractivity contribution in [2.24, 2.45) is 0 Å². The van der Waals surface area contributed by atoms with Crippen molar-refractivity contribution in [1.29, 1.82) is 0 Å². The number of benzene rings is 1. The molecule has 0 aliphatic heterocycles. The normalized spacial score (nSPS) is 10.5. The van der Waals surface area contributed by atoms with Gasteiger partial charge in [-0.3, -0.25) is 0 Å². The molecule has 0 bridgehead atoms. The lowest BCUT2D eigenvalue weighted by molar-refractivity contribution is 0.268. The van der Waals surface area contributed by atoms with Crippen molar-refractivity contribution in [2.45, 2.75) is 13.2 Å². The summed E-state index contributed by atoms with van der Waals surface area (Å²) in [6.45, 7) is 1.18. The Labute approximate surface area is 120 Å². The molecule has 2 rings (SSSR count). The third-order valence-electron chi connectivity index (χ3n) is 2.60. The molecule has 1 aromatic carbocycles. The summed E-state index contributed by atoms with van der Waals surface area (Å²) in [6.07, 6.45) is 1.73. The number of rotatable bonds is 6. The first-order chi connectivity index (χ1) is 9.22. The van der Waals surface area contributed by atoms with Gasteiger partial charge in [-0.1, -0.05) is 0 Å². The molecular weight excluding hydrogens is 310 g/mol. The summed E-state index contributed by atoms with van der Waals surface area (Å²) in [5.74, 6) is 2.34. The maximum atomic E-state index is 5.70. The Morgan fingerprint density at radius 2 is 2.16 bits per heavy atom. The van der Waals surface area contributed by atoms with Crippen LogP contribution in [-0.4, -0.2) is 14.2 Å². The highest BCUT2D eigenvalue weighted by molar-refractivity contribution is 9.10. The smallest absolute Gasteiger partial charge is 0.146 e. The Bertz CT molecular complexity index is 539. The third-order valence-corrected chi connectivity index (χ3v) is 3.22. The standard InChI is InChI=1S/C14H16BrNO3/c1-16-7-10-5-12(18-8-10)9-19-14-4-3-11(17-2)6-13(14)15/h3-6,8,16H,7,9H2,1-2H3. The fourth-order valence-electron chi connectivity index (χ4n) is 1.67. The topological polar surface area (TPSA) is 43.6 Å². The first-order valence-electron chi connectivity index (χ1n) is 5.90. The van der Waals surface area contributed by atoms with Gasteiger partial charge in [0.15, 0.2) is 0 Å². The summed E-state index contributed by atoms with van der Waals surface area (Å²) >= 11 is 3.45. The Morgan fingerprint density at radius 1 is 1.32 bits per heavy atom. The summed E-state index contributed by atoms with van der Waals surface area (Å²) in [7, 11) is 3.53. The molecule has 0 fully saturated rings. The molecule has 0 amide bonds. The van der Waals surface area contributed by atoms with Crippen LogP contribution >= 0.6 is 15.9 Å². The predicted molar refractivity (Wildman–Crippen MR) is 76.5 cm³/mol. The lowest BCUT2D eigenvalue weighted by atomic mass is 10.3. The minimum absolute atomic E-state index is 0.397. The highest BCUT2D eigenvalue weighted by Gasteiger charge is 2.06. The molecule has 0 saturated carbocycles. The molecule has 0 aliphatic carbocycles. The lowest BCUT2D eigenvalue weighted by Gasteiger charge is -2.08. The van der Waals surface area contributed by atoms with Crippen LogP contribution in [0.4, 0.5) is 0 Å². The van der Waals surface area contributed by atoms with Gasteiger partial charge in [-0.05, 0) is 47.2 Å². The van der Waals surface area contributed by atoms with E-state index in [1.165, 1.54) is 0 Å². The Hall–Kier alpha value is -1.46. The van der Waals surface area contributed by atoms with Crippen LogP contribution < -0.4 is 14.8 Å². The average Bonchev–Trinajstić information content (AvgIpc) is 2.85. The molecule has 0 atom stereocenters. The van der Waals surface area contributed by atoms with Gasteiger partial charge in [0.05, 0.1) is 17.8 Å². The van der Waals surface area contributed by atoms with Gasteiger partial charge in [-0.25, -0.2) is 0 Å². The summed E-state index contributed by atoms with van der Waals surface area (Å²) in [4.78, 5) is 0. The minimum atomic E-state index is 0.397. The zero-order valence-corrected chi connectivity index (χ0v) is 12.5. The highest BCUT2D eigenvalue weighted by atomic mass is 79.9. The fraction of sp³-hybridized carbons (Fsp3) is 0.286. The lowest BCUT2D eigenvalue weighted by Crippen LogP contribution is -2.03. The van der Waals surface area contributed by atoms with Crippen LogP contribution in [0.15, 0.2) is 39.4 Å². The average molecular weight is 326 g/mol. The molecule has 0 unspecified atom stereocenters. The maximum Gasteiger partial charge on any atom is 0.146 e. The van der Waals surface area contributed by atoms with Crippen molar-refractivity contribution >= 4 is 15.9 Å². The Kier molecular flexibility index (Phi) is 4.87. The molecule has 4 nitrogen and oxygen atoms in total. The summed E-state index contributed by atoms with van der Waals surface area (Å²) in [6, 6.07) is 7.56. The highest BCUT2D eigenvalue weighted by Crippen LogP contribution is 2.29. The molecule has 2 aromatic rings. The van der Waals surface area contributed by atoms with E-state index in [1.54, 1.807) is 13.4 Å². The molecule has 19 heavy (non-hydrogen) atoms. The van der Waals surface area contributed by atoms with E-state index >= 15 is 0 Å². The third kappa shape index (κ3) is 3.75. The molecule has 1 heterocycles. The predicted octanol–water partition coefficient (Wildman–Crippen LogP) is 3.35. The van der Waals surface area contributed by atoms with Crippen molar-refractivity contribution in [3.05, 3.63) is 46.3 Å². The van der Waals surface area contributed by atoms with E-state index in [4.69, 9.17) is 13.9 Å². The van der Waals surface area contributed by atoms with Crippen molar-refractivity contribution < 1.29 is 13.9 Å². The van der Waals surface area contributed by atoms with Crippen LogP contribution in [0.2, 0.25) is 0 Å². The second kappa shape index (κ2) is 6.63. The van der Waals surface area contributed by atoms with Gasteiger partial charge < -0.3 is 19.2 Å². The number of nitrogens with one attached hydrogen (secondary N) is 1. The molecular formula is C14H16BrNO3. The molecule has 0 saturated heterocycles. The van der Waals surface area contributed by atoms with Crippen molar-refractivity contribution in [1.82, 2.24) is 5.32 Å². The van der Waals surface area contributed by atoms with E-state index in [0.29, 0.717) is 6.61 Å². The second-order valence-corrected chi connectivity index (χ2v) is 4.89. The summed E-state index contributed by atoms with van der Waals surface area (Å²) < 4.78 is 17.1.